The molecule has 1 heterocycles. The highest BCUT2D eigenvalue weighted by Gasteiger charge is 2.11. The van der Waals surface area contributed by atoms with Crippen LogP contribution in [0.3, 0.4) is 0 Å². The third-order valence-electron chi connectivity index (χ3n) is 2.29. The number of hydrogen-bond donors (Lipinski definition) is 3. The Morgan fingerprint density at radius 1 is 1.21 bits per heavy atom. The Morgan fingerprint density at radius 2 is 1.95 bits per heavy atom. The Bertz CT molecular complexity index is 563. The van der Waals surface area contributed by atoms with Gasteiger partial charge in [-0.15, -0.1) is 10.2 Å². The van der Waals surface area contributed by atoms with Crippen molar-refractivity contribution in [2.45, 2.75) is 6.92 Å². The normalized spacial score (nSPS) is 9.95. The fourth-order valence-corrected chi connectivity index (χ4v) is 1.41. The lowest BCUT2D eigenvalue weighted by molar-refractivity contribution is 0.0955. The smallest absolute Gasteiger partial charge is 0.297 e. The maximum absolute atomic E-state index is 11.6. The second kappa shape index (κ2) is 5.71. The van der Waals surface area contributed by atoms with Crippen LogP contribution in [-0.2, 0) is 0 Å². The highest BCUT2D eigenvalue weighted by atomic mass is 16.2. The summed E-state index contributed by atoms with van der Waals surface area (Å²) in [5, 5.41) is 17.9. The molecule has 2 aromatic rings. The van der Waals surface area contributed by atoms with E-state index in [4.69, 9.17) is 0 Å². The van der Waals surface area contributed by atoms with Gasteiger partial charge in [-0.1, -0.05) is 0 Å². The molecule has 0 unspecified atom stereocenters. The van der Waals surface area contributed by atoms with Crippen LogP contribution in [0, 0.1) is 0 Å². The number of H-pyrrole nitrogens is 1. The Morgan fingerprint density at radius 3 is 2.53 bits per heavy atom. The molecule has 0 fully saturated rings. The van der Waals surface area contributed by atoms with Gasteiger partial charge in [0.1, 0.15) is 0 Å². The maximum Gasteiger partial charge on any atom is 0.297 e. The van der Waals surface area contributed by atoms with E-state index >= 15 is 0 Å². The Balaban J connectivity index is 2.03. The van der Waals surface area contributed by atoms with Crippen LogP contribution in [0.25, 0.3) is 0 Å². The van der Waals surface area contributed by atoms with Crippen molar-refractivity contribution in [2.75, 3.05) is 11.9 Å². The topological polar surface area (TPSA) is 113 Å². The van der Waals surface area contributed by atoms with Crippen LogP contribution >= 0.6 is 0 Å². The molecule has 2 rings (SSSR count). The lowest BCUT2D eigenvalue weighted by Crippen LogP contribution is -2.22. The van der Waals surface area contributed by atoms with Gasteiger partial charge < -0.3 is 10.6 Å². The minimum atomic E-state index is -0.473. The average Bonchev–Trinajstić information content (AvgIpc) is 2.94. The molecule has 1 aromatic carbocycles. The molecule has 8 heteroatoms. The molecule has 0 aliphatic rings. The maximum atomic E-state index is 11.6. The molecule has 0 aliphatic heterocycles. The molecule has 0 spiro atoms. The predicted molar refractivity (Wildman–Crippen MR) is 66.6 cm³/mol. The van der Waals surface area contributed by atoms with Crippen LogP contribution < -0.4 is 10.6 Å². The number of hydrogen-bond acceptors (Lipinski definition) is 5. The molecule has 98 valence electrons. The van der Waals surface area contributed by atoms with Gasteiger partial charge in [0, 0.05) is 17.8 Å². The number of tetrazole rings is 1. The molecular formula is C11H12N6O2. The third kappa shape index (κ3) is 3.12. The zero-order valence-corrected chi connectivity index (χ0v) is 10.2. The van der Waals surface area contributed by atoms with E-state index in [1.54, 1.807) is 24.3 Å². The monoisotopic (exact) mass is 260 g/mol. The molecule has 0 bridgehead atoms. The molecule has 0 atom stereocenters. The van der Waals surface area contributed by atoms with Crippen molar-refractivity contribution in [3.05, 3.63) is 35.7 Å². The van der Waals surface area contributed by atoms with Gasteiger partial charge in [0.05, 0.1) is 0 Å². The highest BCUT2D eigenvalue weighted by molar-refractivity contribution is 6.01. The van der Waals surface area contributed by atoms with Crippen molar-refractivity contribution in [3.63, 3.8) is 0 Å². The standard InChI is InChI=1S/C11H12N6O2/c1-2-12-10(18)7-3-5-8(6-4-7)13-11(19)9-14-16-17-15-9/h3-6H,2H2,1H3,(H,12,18)(H,13,19)(H,14,15,16,17). The minimum Gasteiger partial charge on any atom is -0.352 e. The van der Waals surface area contributed by atoms with E-state index < -0.39 is 5.91 Å². The summed E-state index contributed by atoms with van der Waals surface area (Å²) >= 11 is 0. The van der Waals surface area contributed by atoms with Gasteiger partial charge in [0.25, 0.3) is 17.6 Å². The molecule has 1 aromatic heterocycles. The second-order valence-corrected chi connectivity index (χ2v) is 3.63. The van der Waals surface area contributed by atoms with E-state index in [1.807, 2.05) is 6.92 Å². The van der Waals surface area contributed by atoms with Crippen molar-refractivity contribution < 1.29 is 9.59 Å². The van der Waals surface area contributed by atoms with Crippen LogP contribution in [0.5, 0.6) is 0 Å². The van der Waals surface area contributed by atoms with E-state index in [0.29, 0.717) is 17.8 Å². The van der Waals surface area contributed by atoms with Crippen LogP contribution in [0.15, 0.2) is 24.3 Å². The first-order valence-corrected chi connectivity index (χ1v) is 5.63. The fraction of sp³-hybridized carbons (Fsp3) is 0.182. The summed E-state index contributed by atoms with van der Waals surface area (Å²) in [5.74, 6) is -0.675. The molecule has 3 N–H and O–H groups in total. The van der Waals surface area contributed by atoms with Crippen molar-refractivity contribution in [1.29, 1.82) is 0 Å². The molecule has 0 aliphatic carbocycles. The van der Waals surface area contributed by atoms with Gasteiger partial charge in [0.2, 0.25) is 0 Å². The number of aromatic nitrogens is 4. The quantitative estimate of drug-likeness (QED) is 0.727. The van der Waals surface area contributed by atoms with Crippen LogP contribution in [-0.4, -0.2) is 39.0 Å². The predicted octanol–water partition coefficient (Wildman–Crippen LogP) is 0.202. The molecule has 0 radical (unpaired) electrons. The van der Waals surface area contributed by atoms with E-state index in [-0.39, 0.29) is 11.7 Å². The molecule has 8 nitrogen and oxygen atoms in total. The molecule has 0 saturated heterocycles. The van der Waals surface area contributed by atoms with E-state index in [2.05, 4.69) is 31.3 Å². The van der Waals surface area contributed by atoms with Gasteiger partial charge in [-0.2, -0.15) is 5.21 Å². The van der Waals surface area contributed by atoms with Crippen LogP contribution in [0.4, 0.5) is 5.69 Å². The Kier molecular flexibility index (Phi) is 3.81. The summed E-state index contributed by atoms with van der Waals surface area (Å²) in [7, 11) is 0. The number of benzene rings is 1. The summed E-state index contributed by atoms with van der Waals surface area (Å²) in [4.78, 5) is 23.2. The second-order valence-electron chi connectivity index (χ2n) is 3.63. The van der Waals surface area contributed by atoms with Crippen molar-refractivity contribution in [2.24, 2.45) is 0 Å². The number of carbonyl (C=O) groups excluding carboxylic acids is 2. The van der Waals surface area contributed by atoms with E-state index in [0.717, 1.165) is 0 Å². The SMILES string of the molecule is CCNC(=O)c1ccc(NC(=O)c2nn[nH]n2)cc1. The Labute approximate surface area is 108 Å². The molecule has 2 amide bonds. The van der Waals surface area contributed by atoms with Crippen molar-refractivity contribution >= 4 is 17.5 Å². The number of nitrogens with one attached hydrogen (secondary N) is 3. The van der Waals surface area contributed by atoms with Gasteiger partial charge in [0.15, 0.2) is 0 Å². The number of amides is 2. The fourth-order valence-electron chi connectivity index (χ4n) is 1.41. The highest BCUT2D eigenvalue weighted by Crippen LogP contribution is 2.10. The lowest BCUT2D eigenvalue weighted by Gasteiger charge is -2.04. The summed E-state index contributed by atoms with van der Waals surface area (Å²) < 4.78 is 0. The lowest BCUT2D eigenvalue weighted by atomic mass is 10.2. The van der Waals surface area contributed by atoms with Gasteiger partial charge in [-0.25, -0.2) is 0 Å². The zero-order chi connectivity index (χ0) is 13.7. The van der Waals surface area contributed by atoms with Crippen molar-refractivity contribution in [1.82, 2.24) is 25.9 Å². The molecule has 0 saturated carbocycles. The number of carbonyl (C=O) groups is 2. The largest absolute Gasteiger partial charge is 0.352 e. The third-order valence-corrected chi connectivity index (χ3v) is 2.29. The number of anilines is 1. The van der Waals surface area contributed by atoms with Crippen LogP contribution in [0.2, 0.25) is 0 Å². The zero-order valence-electron chi connectivity index (χ0n) is 10.2. The number of rotatable bonds is 4. The first-order chi connectivity index (χ1) is 9.20. The average molecular weight is 260 g/mol. The first kappa shape index (κ1) is 12.7. The van der Waals surface area contributed by atoms with Gasteiger partial charge in [-0.3, -0.25) is 9.59 Å². The summed E-state index contributed by atoms with van der Waals surface area (Å²) in [6.45, 7) is 2.41. The van der Waals surface area contributed by atoms with Crippen LogP contribution in [0.1, 0.15) is 27.9 Å². The Hall–Kier alpha value is -2.77. The molecular weight excluding hydrogens is 248 g/mol. The van der Waals surface area contributed by atoms with Gasteiger partial charge >= 0.3 is 0 Å². The van der Waals surface area contributed by atoms with Gasteiger partial charge in [-0.05, 0) is 36.4 Å². The minimum absolute atomic E-state index is 0.0483. The first-order valence-electron chi connectivity index (χ1n) is 5.63. The summed E-state index contributed by atoms with van der Waals surface area (Å²) in [5.41, 5.74) is 1.07. The summed E-state index contributed by atoms with van der Waals surface area (Å²) in [6.07, 6.45) is 0. The van der Waals surface area contributed by atoms with Crippen molar-refractivity contribution in [3.8, 4) is 0 Å². The number of aromatic amines is 1. The summed E-state index contributed by atoms with van der Waals surface area (Å²) in [6, 6.07) is 6.50. The number of nitrogens with zero attached hydrogens (tertiary/aromatic N) is 3. The van der Waals surface area contributed by atoms with E-state index in [1.165, 1.54) is 0 Å². The van der Waals surface area contributed by atoms with E-state index in [9.17, 15) is 9.59 Å². The molecule has 19 heavy (non-hydrogen) atoms.